The van der Waals surface area contributed by atoms with Crippen molar-refractivity contribution in [3.05, 3.63) is 42.0 Å². The van der Waals surface area contributed by atoms with Crippen molar-refractivity contribution in [2.24, 2.45) is 5.92 Å². The van der Waals surface area contributed by atoms with Crippen molar-refractivity contribution in [2.45, 2.75) is 40.0 Å². The summed E-state index contributed by atoms with van der Waals surface area (Å²) in [5.74, 6) is 1.91. The van der Waals surface area contributed by atoms with Crippen molar-refractivity contribution < 1.29 is 4.79 Å². The number of anilines is 1. The van der Waals surface area contributed by atoms with Crippen LogP contribution in [0.4, 0.5) is 5.82 Å². The Labute approximate surface area is 196 Å². The van der Waals surface area contributed by atoms with Gasteiger partial charge in [-0.2, -0.15) is 4.52 Å². The second-order valence-electron chi connectivity index (χ2n) is 8.78. The molecule has 0 saturated carbocycles. The van der Waals surface area contributed by atoms with Crippen molar-refractivity contribution in [1.82, 2.24) is 30.0 Å². The lowest BCUT2D eigenvalue weighted by atomic mass is 9.96. The fourth-order valence-corrected chi connectivity index (χ4v) is 4.40. The minimum Gasteiger partial charge on any atom is -0.356 e. The van der Waals surface area contributed by atoms with E-state index in [4.69, 9.17) is 5.10 Å². The van der Waals surface area contributed by atoms with Crippen molar-refractivity contribution in [3.63, 3.8) is 0 Å². The third-order valence-electron chi connectivity index (χ3n) is 6.59. The van der Waals surface area contributed by atoms with E-state index in [0.717, 1.165) is 81.4 Å². The molecule has 33 heavy (non-hydrogen) atoms. The molecule has 0 aliphatic carbocycles. The maximum atomic E-state index is 12.6. The van der Waals surface area contributed by atoms with Crippen LogP contribution in [0.5, 0.6) is 0 Å². The van der Waals surface area contributed by atoms with Gasteiger partial charge in [0.25, 0.3) is 0 Å². The number of hydrogen-bond donors (Lipinski definition) is 1. The first-order valence-corrected chi connectivity index (χ1v) is 12.1. The number of hydrogen-bond acceptors (Lipinski definition) is 6. The van der Waals surface area contributed by atoms with Gasteiger partial charge in [-0.1, -0.05) is 43.7 Å². The van der Waals surface area contributed by atoms with Crippen LogP contribution in [0.15, 0.2) is 36.4 Å². The Hall–Kier alpha value is -3.00. The Bertz CT molecular complexity index is 1050. The van der Waals surface area contributed by atoms with Gasteiger partial charge in [0, 0.05) is 31.1 Å². The molecule has 8 nitrogen and oxygen atoms in total. The molecule has 1 saturated heterocycles. The Morgan fingerprint density at radius 3 is 2.48 bits per heavy atom. The van der Waals surface area contributed by atoms with E-state index in [1.165, 1.54) is 5.56 Å². The van der Waals surface area contributed by atoms with Gasteiger partial charge in [0.05, 0.1) is 0 Å². The van der Waals surface area contributed by atoms with Crippen LogP contribution >= 0.6 is 0 Å². The molecule has 3 aromatic rings. The number of rotatable bonds is 9. The molecule has 0 spiro atoms. The lowest BCUT2D eigenvalue weighted by molar-refractivity contribution is -0.125. The quantitative estimate of drug-likeness (QED) is 0.506. The second-order valence-corrected chi connectivity index (χ2v) is 8.78. The molecular formula is C25H35N7O. The molecule has 0 bridgehead atoms. The summed E-state index contributed by atoms with van der Waals surface area (Å²) in [6, 6.07) is 12.2. The van der Waals surface area contributed by atoms with E-state index in [9.17, 15) is 4.79 Å². The SMILES string of the molecule is CCN(CC)CCCNC(=O)C1CCN(c2ccc3nnc(-c4ccc(C)cc4)n3n2)CC1. The number of nitrogens with one attached hydrogen (secondary N) is 1. The van der Waals surface area contributed by atoms with Crippen LogP contribution in [-0.2, 0) is 4.79 Å². The standard InChI is InChI=1S/C25H35N7O/c1-4-30(5-2)16-6-15-26-25(33)21-13-17-31(18-14-21)23-12-11-22-27-28-24(32(22)29-23)20-9-7-19(3)8-10-20/h7-12,21H,4-6,13-18H2,1-3H3,(H,26,33). The number of amides is 1. The number of fused-ring (bicyclic) bond motifs is 1. The molecule has 1 aliphatic rings. The summed E-state index contributed by atoms with van der Waals surface area (Å²) in [6.07, 6.45) is 2.68. The number of carbonyl (C=O) groups is 1. The number of carbonyl (C=O) groups excluding carboxylic acids is 1. The highest BCUT2D eigenvalue weighted by molar-refractivity contribution is 5.79. The summed E-state index contributed by atoms with van der Waals surface area (Å²) in [6.45, 7) is 12.0. The monoisotopic (exact) mass is 449 g/mol. The highest BCUT2D eigenvalue weighted by atomic mass is 16.1. The number of piperidine rings is 1. The number of benzene rings is 1. The van der Waals surface area contributed by atoms with Crippen LogP contribution in [0.2, 0.25) is 0 Å². The molecular weight excluding hydrogens is 414 g/mol. The smallest absolute Gasteiger partial charge is 0.223 e. The maximum Gasteiger partial charge on any atom is 0.223 e. The van der Waals surface area contributed by atoms with Gasteiger partial charge in [-0.05, 0) is 58.0 Å². The van der Waals surface area contributed by atoms with E-state index in [1.807, 2.05) is 28.8 Å². The lowest BCUT2D eigenvalue weighted by Gasteiger charge is -2.32. The van der Waals surface area contributed by atoms with Gasteiger partial charge in [0.1, 0.15) is 5.82 Å². The molecule has 4 rings (SSSR count). The largest absolute Gasteiger partial charge is 0.356 e. The van der Waals surface area contributed by atoms with Crippen molar-refractivity contribution in [1.29, 1.82) is 0 Å². The highest BCUT2D eigenvalue weighted by Gasteiger charge is 2.26. The minimum atomic E-state index is 0.0801. The normalized spacial score (nSPS) is 14.8. The molecule has 0 unspecified atom stereocenters. The first kappa shape index (κ1) is 23.2. The molecule has 176 valence electrons. The van der Waals surface area contributed by atoms with Crippen LogP contribution in [0.1, 0.15) is 38.7 Å². The summed E-state index contributed by atoms with van der Waals surface area (Å²) < 4.78 is 1.81. The Morgan fingerprint density at radius 1 is 1.06 bits per heavy atom. The molecule has 1 aromatic carbocycles. The van der Waals surface area contributed by atoms with Crippen LogP contribution in [-0.4, -0.2) is 69.9 Å². The second kappa shape index (κ2) is 10.7. The molecule has 8 heteroatoms. The van der Waals surface area contributed by atoms with E-state index < -0.39 is 0 Å². The molecule has 1 amide bonds. The van der Waals surface area contributed by atoms with Gasteiger partial charge in [-0.15, -0.1) is 15.3 Å². The van der Waals surface area contributed by atoms with E-state index >= 15 is 0 Å². The Morgan fingerprint density at radius 2 is 1.79 bits per heavy atom. The summed E-state index contributed by atoms with van der Waals surface area (Å²) in [4.78, 5) is 17.2. The molecule has 2 aromatic heterocycles. The maximum absolute atomic E-state index is 12.6. The molecule has 0 atom stereocenters. The van der Waals surface area contributed by atoms with Crippen LogP contribution in [0.25, 0.3) is 17.0 Å². The number of nitrogens with zero attached hydrogens (tertiary/aromatic N) is 6. The van der Waals surface area contributed by atoms with Crippen LogP contribution in [0, 0.1) is 12.8 Å². The molecule has 1 aliphatic heterocycles. The average molecular weight is 450 g/mol. The van der Waals surface area contributed by atoms with Crippen molar-refractivity contribution in [2.75, 3.05) is 44.2 Å². The summed E-state index contributed by atoms with van der Waals surface area (Å²) in [5, 5.41) is 16.6. The highest BCUT2D eigenvalue weighted by Crippen LogP contribution is 2.24. The third kappa shape index (κ3) is 5.50. The van der Waals surface area contributed by atoms with Gasteiger partial charge in [0.15, 0.2) is 11.5 Å². The predicted octanol–water partition coefficient (Wildman–Crippen LogP) is 3.16. The topological polar surface area (TPSA) is 78.7 Å². The summed E-state index contributed by atoms with van der Waals surface area (Å²) >= 11 is 0. The number of aromatic nitrogens is 4. The zero-order chi connectivity index (χ0) is 23.2. The van der Waals surface area contributed by atoms with Gasteiger partial charge in [-0.3, -0.25) is 4.79 Å². The van der Waals surface area contributed by atoms with E-state index in [2.05, 4.69) is 58.2 Å². The van der Waals surface area contributed by atoms with Gasteiger partial charge >= 0.3 is 0 Å². The van der Waals surface area contributed by atoms with Crippen LogP contribution < -0.4 is 10.2 Å². The van der Waals surface area contributed by atoms with E-state index in [0.29, 0.717) is 0 Å². The van der Waals surface area contributed by atoms with Gasteiger partial charge in [0.2, 0.25) is 5.91 Å². The number of aryl methyl sites for hydroxylation is 1. The zero-order valence-corrected chi connectivity index (χ0v) is 20.0. The average Bonchev–Trinajstić information content (AvgIpc) is 3.28. The first-order valence-electron chi connectivity index (χ1n) is 12.1. The first-order chi connectivity index (χ1) is 16.1. The molecule has 3 heterocycles. The summed E-state index contributed by atoms with van der Waals surface area (Å²) in [7, 11) is 0. The fourth-order valence-electron chi connectivity index (χ4n) is 4.40. The lowest BCUT2D eigenvalue weighted by Crippen LogP contribution is -2.41. The molecule has 1 N–H and O–H groups in total. The van der Waals surface area contributed by atoms with E-state index in [1.54, 1.807) is 0 Å². The zero-order valence-electron chi connectivity index (χ0n) is 20.0. The Kier molecular flexibility index (Phi) is 7.54. The fraction of sp³-hybridized carbons (Fsp3) is 0.520. The third-order valence-corrected chi connectivity index (χ3v) is 6.59. The predicted molar refractivity (Wildman–Crippen MR) is 131 cm³/mol. The Balaban J connectivity index is 1.34. The van der Waals surface area contributed by atoms with E-state index in [-0.39, 0.29) is 11.8 Å². The van der Waals surface area contributed by atoms with Crippen molar-refractivity contribution >= 4 is 17.4 Å². The van der Waals surface area contributed by atoms with Crippen LogP contribution in [0.3, 0.4) is 0 Å². The van der Waals surface area contributed by atoms with Gasteiger partial charge < -0.3 is 15.1 Å². The summed E-state index contributed by atoms with van der Waals surface area (Å²) in [5.41, 5.74) is 2.93. The minimum absolute atomic E-state index is 0.0801. The molecule has 0 radical (unpaired) electrons. The van der Waals surface area contributed by atoms with Crippen molar-refractivity contribution in [3.8, 4) is 11.4 Å². The molecule has 1 fully saturated rings. The van der Waals surface area contributed by atoms with Gasteiger partial charge in [-0.25, -0.2) is 0 Å².